The van der Waals surface area contributed by atoms with Gasteiger partial charge in [-0.2, -0.15) is 0 Å². The smallest absolute Gasteiger partial charge is 0.326 e. The highest BCUT2D eigenvalue weighted by Crippen LogP contribution is 1.99. The summed E-state index contributed by atoms with van der Waals surface area (Å²) in [4.78, 5) is 67.5. The first-order valence-electron chi connectivity index (χ1n) is 7.94. The molecule has 0 aliphatic heterocycles. The van der Waals surface area contributed by atoms with Crippen LogP contribution in [0.5, 0.6) is 0 Å². The molecule has 0 heterocycles. The number of aliphatic hydroxyl groups excluding tert-OH is 1. The van der Waals surface area contributed by atoms with Crippen LogP contribution in [0.3, 0.4) is 0 Å². The molecule has 14 heteroatoms. The second kappa shape index (κ2) is 12.2. The summed E-state index contributed by atoms with van der Waals surface area (Å²) >= 11 is 0. The zero-order valence-electron chi connectivity index (χ0n) is 14.7. The van der Waals surface area contributed by atoms with E-state index in [1.807, 2.05) is 5.32 Å². The maximum atomic E-state index is 12.0. The third-order valence-electron chi connectivity index (χ3n) is 3.28. The summed E-state index contributed by atoms with van der Waals surface area (Å²) in [6, 6.07) is -4.36. The van der Waals surface area contributed by atoms with E-state index in [0.29, 0.717) is 0 Å². The Morgan fingerprint density at radius 3 is 2.00 bits per heavy atom. The second-order valence-corrected chi connectivity index (χ2v) is 5.63. The monoisotopic (exact) mass is 405 g/mol. The lowest BCUT2D eigenvalue weighted by atomic mass is 10.1. The molecule has 14 nitrogen and oxygen atoms in total. The number of primary amides is 1. The normalized spacial score (nSPS) is 13.5. The highest BCUT2D eigenvalue weighted by Gasteiger charge is 2.26. The maximum Gasteiger partial charge on any atom is 0.326 e. The first-order chi connectivity index (χ1) is 13.0. The number of nitrogens with one attached hydrogen (secondary N) is 3. The molecule has 0 aliphatic carbocycles. The lowest BCUT2D eigenvalue weighted by Crippen LogP contribution is -2.55. The fourth-order valence-electron chi connectivity index (χ4n) is 1.84. The van der Waals surface area contributed by atoms with E-state index < -0.39 is 86.1 Å². The minimum Gasteiger partial charge on any atom is -0.481 e. The second-order valence-electron chi connectivity index (χ2n) is 5.63. The molecule has 3 atom stereocenters. The Kier molecular flexibility index (Phi) is 10.8. The van der Waals surface area contributed by atoms with Gasteiger partial charge in [-0.1, -0.05) is 0 Å². The fraction of sp³-hybridized carbons (Fsp3) is 0.571. The van der Waals surface area contributed by atoms with Gasteiger partial charge in [-0.05, 0) is 6.42 Å². The quantitative estimate of drug-likeness (QED) is 0.145. The summed E-state index contributed by atoms with van der Waals surface area (Å²) in [5.74, 6) is -6.40. The predicted molar refractivity (Wildman–Crippen MR) is 90.2 cm³/mol. The highest BCUT2D eigenvalue weighted by molar-refractivity contribution is 5.93. The summed E-state index contributed by atoms with van der Waals surface area (Å²) in [5.41, 5.74) is 10.2. The van der Waals surface area contributed by atoms with Crippen LogP contribution in [0.25, 0.3) is 0 Å². The average molecular weight is 405 g/mol. The Morgan fingerprint density at radius 1 is 0.929 bits per heavy atom. The van der Waals surface area contributed by atoms with E-state index in [0.717, 1.165) is 0 Å². The predicted octanol–water partition coefficient (Wildman–Crippen LogP) is -4.78. The molecular formula is C14H23N5O9. The number of carbonyl (C=O) groups excluding carboxylic acids is 4. The molecule has 0 radical (unpaired) electrons. The van der Waals surface area contributed by atoms with Gasteiger partial charge in [0.2, 0.25) is 23.6 Å². The summed E-state index contributed by atoms with van der Waals surface area (Å²) < 4.78 is 0. The van der Waals surface area contributed by atoms with Gasteiger partial charge in [-0.15, -0.1) is 0 Å². The SMILES string of the molecule is NC(=O)CC(N)C(=O)NCC(=O)NC(CO)C(=O)NC(CCC(=O)O)C(=O)O. The number of carbonyl (C=O) groups is 6. The third kappa shape index (κ3) is 10.0. The van der Waals surface area contributed by atoms with Crippen LogP contribution in [0, 0.1) is 0 Å². The molecule has 0 aromatic carbocycles. The number of aliphatic carboxylic acids is 2. The third-order valence-corrected chi connectivity index (χ3v) is 3.28. The van der Waals surface area contributed by atoms with Gasteiger partial charge >= 0.3 is 11.9 Å². The van der Waals surface area contributed by atoms with Crippen molar-refractivity contribution in [2.24, 2.45) is 11.5 Å². The Balaban J connectivity index is 4.64. The summed E-state index contributed by atoms with van der Waals surface area (Å²) in [6.45, 7) is -1.53. The van der Waals surface area contributed by atoms with Crippen LogP contribution in [0.4, 0.5) is 0 Å². The van der Waals surface area contributed by atoms with Gasteiger partial charge in [0.15, 0.2) is 0 Å². The topological polar surface area (TPSA) is 251 Å². The molecule has 158 valence electrons. The van der Waals surface area contributed by atoms with Crippen molar-refractivity contribution in [2.45, 2.75) is 37.4 Å². The zero-order valence-corrected chi connectivity index (χ0v) is 14.7. The van der Waals surface area contributed by atoms with Gasteiger partial charge in [-0.25, -0.2) is 4.79 Å². The molecule has 3 unspecified atom stereocenters. The van der Waals surface area contributed by atoms with Crippen molar-refractivity contribution in [3.05, 3.63) is 0 Å². The van der Waals surface area contributed by atoms with Crippen LogP contribution in [-0.4, -0.2) is 82.2 Å². The molecule has 0 spiro atoms. The number of carboxylic acids is 2. The lowest BCUT2D eigenvalue weighted by molar-refractivity contribution is -0.143. The van der Waals surface area contributed by atoms with E-state index >= 15 is 0 Å². The number of hydrogen-bond donors (Lipinski definition) is 8. The molecule has 0 aromatic heterocycles. The maximum absolute atomic E-state index is 12.0. The summed E-state index contributed by atoms with van der Waals surface area (Å²) in [5, 5.41) is 32.9. The zero-order chi connectivity index (χ0) is 21.9. The molecular weight excluding hydrogens is 382 g/mol. The van der Waals surface area contributed by atoms with Gasteiger partial charge in [0, 0.05) is 6.42 Å². The van der Waals surface area contributed by atoms with Crippen LogP contribution in [0.15, 0.2) is 0 Å². The summed E-state index contributed by atoms with van der Waals surface area (Å²) in [6.07, 6.45) is -1.37. The molecule has 4 amide bonds. The Labute approximate surface area is 158 Å². The van der Waals surface area contributed by atoms with Crippen LogP contribution in [0.1, 0.15) is 19.3 Å². The van der Waals surface area contributed by atoms with E-state index in [-0.39, 0.29) is 0 Å². The van der Waals surface area contributed by atoms with E-state index in [2.05, 4.69) is 10.6 Å². The number of rotatable bonds is 13. The molecule has 0 fully saturated rings. The molecule has 28 heavy (non-hydrogen) atoms. The molecule has 0 saturated carbocycles. The van der Waals surface area contributed by atoms with Crippen molar-refractivity contribution >= 4 is 35.6 Å². The number of nitrogens with two attached hydrogens (primary N) is 2. The molecule has 10 N–H and O–H groups in total. The molecule has 0 aliphatic rings. The number of aliphatic hydroxyl groups is 1. The van der Waals surface area contributed by atoms with Gasteiger partial charge in [0.25, 0.3) is 0 Å². The van der Waals surface area contributed by atoms with Crippen LogP contribution >= 0.6 is 0 Å². The van der Waals surface area contributed by atoms with Crippen LogP contribution in [0.2, 0.25) is 0 Å². The van der Waals surface area contributed by atoms with Crippen LogP contribution in [-0.2, 0) is 28.8 Å². The molecule has 0 rings (SSSR count). The Bertz CT molecular complexity index is 624. The molecule has 0 aromatic rings. The van der Waals surface area contributed by atoms with Crippen molar-refractivity contribution in [2.75, 3.05) is 13.2 Å². The van der Waals surface area contributed by atoms with Crippen molar-refractivity contribution < 1.29 is 44.1 Å². The molecule has 0 saturated heterocycles. The van der Waals surface area contributed by atoms with Crippen molar-refractivity contribution in [3.8, 4) is 0 Å². The van der Waals surface area contributed by atoms with Gasteiger partial charge < -0.3 is 42.7 Å². The Hall–Kier alpha value is -3.26. The van der Waals surface area contributed by atoms with E-state index in [1.54, 1.807) is 0 Å². The lowest BCUT2D eigenvalue weighted by Gasteiger charge is -2.20. The average Bonchev–Trinajstić information content (AvgIpc) is 2.59. The highest BCUT2D eigenvalue weighted by atomic mass is 16.4. The van der Waals surface area contributed by atoms with E-state index in [4.69, 9.17) is 21.7 Å². The van der Waals surface area contributed by atoms with Gasteiger partial charge in [0.05, 0.1) is 25.6 Å². The number of hydrogen-bond acceptors (Lipinski definition) is 8. The van der Waals surface area contributed by atoms with Crippen molar-refractivity contribution in [1.29, 1.82) is 0 Å². The van der Waals surface area contributed by atoms with Crippen molar-refractivity contribution in [1.82, 2.24) is 16.0 Å². The van der Waals surface area contributed by atoms with Gasteiger partial charge in [0.1, 0.15) is 12.1 Å². The first-order valence-corrected chi connectivity index (χ1v) is 7.94. The standard InChI is InChI=1S/C14H23N5O9/c15-6(3-9(16)21)12(25)17-4-10(22)18-8(5-20)13(26)19-7(14(27)28)1-2-11(23)24/h6-8,20H,1-5,15H2,(H2,16,21)(H,17,25)(H,18,22)(H,19,26)(H,23,24)(H,27,28). The minimum atomic E-state index is -1.55. The fourth-order valence-corrected chi connectivity index (χ4v) is 1.84. The Morgan fingerprint density at radius 2 is 1.54 bits per heavy atom. The summed E-state index contributed by atoms with van der Waals surface area (Å²) in [7, 11) is 0. The molecule has 0 bridgehead atoms. The number of carboxylic acid groups (broad SMARTS) is 2. The van der Waals surface area contributed by atoms with Gasteiger partial charge in [-0.3, -0.25) is 24.0 Å². The van der Waals surface area contributed by atoms with E-state index in [1.165, 1.54) is 0 Å². The van der Waals surface area contributed by atoms with Crippen molar-refractivity contribution in [3.63, 3.8) is 0 Å². The minimum absolute atomic E-state index is 0.406. The van der Waals surface area contributed by atoms with Crippen LogP contribution < -0.4 is 27.4 Å². The largest absolute Gasteiger partial charge is 0.481 e. The van der Waals surface area contributed by atoms with E-state index in [9.17, 15) is 33.9 Å². The number of amides is 4. The first kappa shape index (κ1) is 24.7.